The normalized spacial score (nSPS) is 18.1. The van der Waals surface area contributed by atoms with Gasteiger partial charge < -0.3 is 10.4 Å². The zero-order valence-corrected chi connectivity index (χ0v) is 11.0. The van der Waals surface area contributed by atoms with E-state index in [0.717, 1.165) is 24.2 Å². The molecule has 0 spiro atoms. The van der Waals surface area contributed by atoms with Crippen LogP contribution in [0.5, 0.6) is 0 Å². The van der Waals surface area contributed by atoms with Crippen molar-refractivity contribution in [3.05, 3.63) is 21.9 Å². The van der Waals surface area contributed by atoms with Gasteiger partial charge in [-0.3, -0.25) is 4.79 Å². The molecule has 1 aliphatic rings. The summed E-state index contributed by atoms with van der Waals surface area (Å²) in [5, 5.41) is 13.0. The van der Waals surface area contributed by atoms with Crippen molar-refractivity contribution in [1.82, 2.24) is 5.32 Å². The molecule has 2 N–H and O–H groups in total. The van der Waals surface area contributed by atoms with Gasteiger partial charge in [-0.25, -0.2) is 13.6 Å². The molecule has 1 atom stereocenters. The van der Waals surface area contributed by atoms with E-state index in [1.807, 2.05) is 0 Å². The number of alkyl halides is 2. The van der Waals surface area contributed by atoms with Gasteiger partial charge in [-0.1, -0.05) is 0 Å². The third-order valence-electron chi connectivity index (χ3n) is 3.35. The maximum Gasteiger partial charge on any atom is 0.329 e. The summed E-state index contributed by atoms with van der Waals surface area (Å²) in [6, 6.07) is 1.18. The minimum absolute atomic E-state index is 0.122. The Labute approximate surface area is 112 Å². The second-order valence-corrected chi connectivity index (χ2v) is 5.66. The van der Waals surface area contributed by atoms with Crippen molar-refractivity contribution in [3.8, 4) is 0 Å². The molecule has 0 aliphatic heterocycles. The van der Waals surface area contributed by atoms with Gasteiger partial charge in [0.2, 0.25) is 0 Å². The summed E-state index contributed by atoms with van der Waals surface area (Å²) in [6.07, 6.45) is -1.31. The van der Waals surface area contributed by atoms with Crippen molar-refractivity contribution in [2.75, 3.05) is 0 Å². The number of carboxylic acid groups (broad SMARTS) is 1. The molecule has 104 valence electrons. The summed E-state index contributed by atoms with van der Waals surface area (Å²) >= 11 is 0.886. The van der Waals surface area contributed by atoms with Crippen LogP contribution in [-0.4, -0.2) is 22.5 Å². The highest BCUT2D eigenvalue weighted by atomic mass is 32.1. The molecule has 0 radical (unpaired) electrons. The molecule has 0 aromatic carbocycles. The van der Waals surface area contributed by atoms with Crippen LogP contribution in [0.4, 0.5) is 8.78 Å². The molecule has 1 amide bonds. The number of carbonyl (C=O) groups is 2. The van der Waals surface area contributed by atoms with E-state index in [2.05, 4.69) is 5.32 Å². The van der Waals surface area contributed by atoms with Crippen LogP contribution in [0.2, 0.25) is 0 Å². The minimum atomic E-state index is -2.75. The molecule has 1 aliphatic carbocycles. The fraction of sp³-hybridized carbons (Fsp3) is 0.500. The lowest BCUT2D eigenvalue weighted by atomic mass is 9.96. The van der Waals surface area contributed by atoms with Crippen LogP contribution in [0.25, 0.3) is 0 Å². The third kappa shape index (κ3) is 2.60. The van der Waals surface area contributed by atoms with Crippen molar-refractivity contribution in [2.24, 2.45) is 5.92 Å². The summed E-state index contributed by atoms with van der Waals surface area (Å²) in [7, 11) is 0. The van der Waals surface area contributed by atoms with Gasteiger partial charge in [0.25, 0.3) is 12.3 Å². The number of carboxylic acids is 1. The Morgan fingerprint density at radius 2 is 2.16 bits per heavy atom. The zero-order chi connectivity index (χ0) is 14.2. The first-order chi connectivity index (χ1) is 8.86. The lowest BCUT2D eigenvalue weighted by Crippen LogP contribution is -2.54. The van der Waals surface area contributed by atoms with E-state index in [1.54, 1.807) is 0 Å². The summed E-state index contributed by atoms with van der Waals surface area (Å²) in [6.45, 7) is 1.42. The Morgan fingerprint density at radius 3 is 2.63 bits per heavy atom. The molecule has 19 heavy (non-hydrogen) atoms. The van der Waals surface area contributed by atoms with Crippen LogP contribution in [0.3, 0.4) is 0 Å². The number of nitrogens with one attached hydrogen (secondary N) is 1. The number of aliphatic carboxylic acids is 1. The van der Waals surface area contributed by atoms with E-state index in [0.29, 0.717) is 0 Å². The van der Waals surface area contributed by atoms with Gasteiger partial charge in [-0.05, 0) is 37.1 Å². The highest BCUT2D eigenvalue weighted by molar-refractivity contribution is 7.12. The van der Waals surface area contributed by atoms with Gasteiger partial charge in [-0.15, -0.1) is 11.3 Å². The summed E-state index contributed by atoms with van der Waals surface area (Å²) in [5.41, 5.74) is -1.74. The van der Waals surface area contributed by atoms with Crippen LogP contribution in [0.1, 0.15) is 41.4 Å². The van der Waals surface area contributed by atoms with Crippen LogP contribution in [-0.2, 0) is 4.79 Å². The van der Waals surface area contributed by atoms with Crippen LogP contribution in [0, 0.1) is 5.92 Å². The maximum atomic E-state index is 12.7. The Hall–Kier alpha value is -1.50. The number of amides is 1. The predicted molar refractivity (Wildman–Crippen MR) is 65.5 cm³/mol. The minimum Gasteiger partial charge on any atom is -0.480 e. The molecule has 2 rings (SSSR count). The van der Waals surface area contributed by atoms with Gasteiger partial charge in [-0.2, -0.15) is 0 Å². The van der Waals surface area contributed by atoms with Crippen molar-refractivity contribution < 1.29 is 23.5 Å². The van der Waals surface area contributed by atoms with Crippen LogP contribution >= 0.6 is 11.3 Å². The third-order valence-corrected chi connectivity index (χ3v) is 4.28. The van der Waals surface area contributed by atoms with E-state index in [4.69, 9.17) is 0 Å². The predicted octanol–water partition coefficient (Wildman–Crippen LogP) is 2.67. The molecule has 1 fully saturated rings. The summed E-state index contributed by atoms with van der Waals surface area (Å²) in [4.78, 5) is 23.1. The average molecular weight is 289 g/mol. The highest BCUT2D eigenvalue weighted by Gasteiger charge is 2.49. The van der Waals surface area contributed by atoms with E-state index in [-0.39, 0.29) is 16.4 Å². The average Bonchev–Trinajstić information content (AvgIpc) is 3.05. The fourth-order valence-electron chi connectivity index (χ4n) is 1.96. The molecular weight excluding hydrogens is 276 g/mol. The topological polar surface area (TPSA) is 66.4 Å². The second kappa shape index (κ2) is 4.88. The molecule has 1 heterocycles. The largest absolute Gasteiger partial charge is 0.480 e. The van der Waals surface area contributed by atoms with Gasteiger partial charge in [0, 0.05) is 5.56 Å². The quantitative estimate of drug-likeness (QED) is 0.875. The Morgan fingerprint density at radius 1 is 1.53 bits per heavy atom. The summed E-state index contributed by atoms with van der Waals surface area (Å²) < 4.78 is 25.4. The molecule has 1 unspecified atom stereocenters. The monoisotopic (exact) mass is 289 g/mol. The van der Waals surface area contributed by atoms with Gasteiger partial charge in [0.15, 0.2) is 0 Å². The van der Waals surface area contributed by atoms with Gasteiger partial charge in [0.05, 0.1) is 0 Å². The Balaban J connectivity index is 2.20. The Kier molecular flexibility index (Phi) is 3.58. The van der Waals surface area contributed by atoms with Gasteiger partial charge >= 0.3 is 5.97 Å². The first kappa shape index (κ1) is 13.9. The van der Waals surface area contributed by atoms with Crippen LogP contribution < -0.4 is 5.32 Å². The molecular formula is C12H13F2NO3S. The lowest BCUT2D eigenvalue weighted by Gasteiger charge is -2.26. The molecule has 4 nitrogen and oxygen atoms in total. The van der Waals surface area contributed by atoms with E-state index < -0.39 is 23.8 Å². The van der Waals surface area contributed by atoms with Crippen molar-refractivity contribution >= 4 is 23.2 Å². The fourth-order valence-corrected chi connectivity index (χ4v) is 2.76. The number of hydrogen-bond acceptors (Lipinski definition) is 3. The molecule has 7 heteroatoms. The molecule has 1 saturated carbocycles. The standard InChI is InChI=1S/C12H13F2NO3S/c1-12(11(17)18,6-2-3-6)15-10(16)8-7(9(13)14)4-5-19-8/h4-6,9H,2-3H2,1H3,(H,15,16)(H,17,18). The van der Waals surface area contributed by atoms with E-state index in [9.17, 15) is 23.5 Å². The smallest absolute Gasteiger partial charge is 0.329 e. The number of hydrogen-bond donors (Lipinski definition) is 2. The van der Waals surface area contributed by atoms with E-state index in [1.165, 1.54) is 18.4 Å². The number of halogens is 2. The molecule has 1 aromatic heterocycles. The van der Waals surface area contributed by atoms with Gasteiger partial charge in [0.1, 0.15) is 10.4 Å². The first-order valence-electron chi connectivity index (χ1n) is 5.77. The first-order valence-corrected chi connectivity index (χ1v) is 6.65. The lowest BCUT2D eigenvalue weighted by molar-refractivity contribution is -0.144. The summed E-state index contributed by atoms with van der Waals surface area (Å²) in [5.74, 6) is -2.02. The van der Waals surface area contributed by atoms with Crippen molar-refractivity contribution in [3.63, 3.8) is 0 Å². The SMILES string of the molecule is CC(NC(=O)c1sccc1C(F)F)(C(=O)O)C1CC1. The zero-order valence-electron chi connectivity index (χ0n) is 10.2. The van der Waals surface area contributed by atoms with E-state index >= 15 is 0 Å². The molecule has 0 saturated heterocycles. The van der Waals surface area contributed by atoms with Crippen molar-refractivity contribution in [1.29, 1.82) is 0 Å². The Bertz CT molecular complexity index is 513. The second-order valence-electron chi connectivity index (χ2n) is 4.74. The number of rotatable bonds is 5. The highest BCUT2D eigenvalue weighted by Crippen LogP contribution is 2.40. The van der Waals surface area contributed by atoms with Crippen LogP contribution in [0.15, 0.2) is 11.4 Å². The maximum absolute atomic E-state index is 12.7. The number of carbonyl (C=O) groups excluding carboxylic acids is 1. The number of thiophene rings is 1. The molecule has 0 bridgehead atoms. The van der Waals surface area contributed by atoms with Crippen molar-refractivity contribution in [2.45, 2.75) is 31.7 Å². The molecule has 1 aromatic rings.